The summed E-state index contributed by atoms with van der Waals surface area (Å²) in [6, 6.07) is 15.1. The van der Waals surface area contributed by atoms with Crippen LogP contribution in [-0.2, 0) is 34.8 Å². The van der Waals surface area contributed by atoms with Crippen molar-refractivity contribution in [3.63, 3.8) is 0 Å². The van der Waals surface area contributed by atoms with E-state index in [1.807, 2.05) is 67.3 Å². The fraction of sp³-hybridized carbons (Fsp3) is 0.472. The molecule has 15 nitrogen and oxygen atoms in total. The number of methoxy groups -OCH3 is 1. The second-order valence-corrected chi connectivity index (χ2v) is 15.0. The van der Waals surface area contributed by atoms with Crippen molar-refractivity contribution >= 4 is 31.4 Å². The molecule has 3 aliphatic heterocycles. The molecule has 2 amide bonds. The van der Waals surface area contributed by atoms with Crippen LogP contribution in [0, 0.1) is 6.92 Å². The first-order valence-corrected chi connectivity index (χ1v) is 19.3. The largest absolute Gasteiger partial charge is 0.527 e. The third-order valence-electron chi connectivity index (χ3n) is 9.20. The van der Waals surface area contributed by atoms with Gasteiger partial charge in [0.05, 0.1) is 38.6 Å². The Bertz CT molecular complexity index is 1790. The van der Waals surface area contributed by atoms with Crippen molar-refractivity contribution in [2.75, 3.05) is 64.0 Å². The molecule has 2 fully saturated rings. The van der Waals surface area contributed by atoms with Crippen LogP contribution in [0.3, 0.4) is 0 Å². The molecule has 1 unspecified atom stereocenters. The van der Waals surface area contributed by atoms with E-state index in [0.29, 0.717) is 36.0 Å². The van der Waals surface area contributed by atoms with E-state index in [2.05, 4.69) is 10.3 Å². The first-order valence-electron chi connectivity index (χ1n) is 17.6. The number of carbonyl (C=O) groups is 3. The van der Waals surface area contributed by atoms with Gasteiger partial charge < -0.3 is 34.0 Å². The van der Waals surface area contributed by atoms with Crippen LogP contribution >= 0.6 is 7.60 Å². The number of anilines is 1. The van der Waals surface area contributed by atoms with Gasteiger partial charge in [-0.15, -0.1) is 5.06 Å². The number of carbonyl (C=O) groups excluding carboxylic acids is 3. The molecule has 3 atom stereocenters. The molecule has 3 aromatic rings. The van der Waals surface area contributed by atoms with Gasteiger partial charge in [0, 0.05) is 50.5 Å². The van der Waals surface area contributed by atoms with Crippen LogP contribution in [-0.4, -0.2) is 109 Å². The van der Waals surface area contributed by atoms with Crippen molar-refractivity contribution < 1.29 is 42.3 Å². The summed E-state index contributed by atoms with van der Waals surface area (Å²) in [6.45, 7) is 6.15. The Morgan fingerprint density at radius 1 is 1.04 bits per heavy atom. The number of benzene rings is 2. The third-order valence-corrected chi connectivity index (χ3v) is 11.0. The maximum Gasteiger partial charge on any atom is 0.527 e. The Kier molecular flexibility index (Phi) is 12.1. The van der Waals surface area contributed by atoms with Crippen LogP contribution in [0.25, 0.3) is 11.4 Å². The number of hydroxylamine groups is 2. The second kappa shape index (κ2) is 16.8. The molecule has 0 radical (unpaired) electrons. The van der Waals surface area contributed by atoms with Crippen molar-refractivity contribution in [2.24, 2.45) is 0 Å². The molecule has 4 heterocycles. The van der Waals surface area contributed by atoms with E-state index in [1.165, 1.54) is 9.96 Å². The van der Waals surface area contributed by atoms with Crippen LogP contribution in [0.1, 0.15) is 47.8 Å². The quantitative estimate of drug-likeness (QED) is 0.156. The number of hydrogen-bond acceptors (Lipinski definition) is 13. The first kappa shape index (κ1) is 37.2. The molecule has 2 saturated heterocycles. The van der Waals surface area contributed by atoms with E-state index in [9.17, 15) is 18.9 Å². The number of nitrogens with zero attached hydrogens (tertiary/aromatic N) is 5. The Labute approximate surface area is 303 Å². The Hall–Kier alpha value is -4.56. The summed E-state index contributed by atoms with van der Waals surface area (Å²) >= 11 is 0. The van der Waals surface area contributed by atoms with Gasteiger partial charge in [-0.1, -0.05) is 61.9 Å². The predicted molar refractivity (Wildman–Crippen MR) is 191 cm³/mol. The number of rotatable bonds is 12. The number of nitrogens with one attached hydrogen (secondary N) is 1. The van der Waals surface area contributed by atoms with Crippen LogP contribution in [0.4, 0.5) is 10.6 Å². The van der Waals surface area contributed by atoms with Gasteiger partial charge in [-0.05, 0) is 25.3 Å². The molecule has 52 heavy (non-hydrogen) atoms. The number of piperazine rings is 1. The van der Waals surface area contributed by atoms with Crippen molar-refractivity contribution in [1.29, 1.82) is 0 Å². The van der Waals surface area contributed by atoms with E-state index in [4.69, 9.17) is 28.3 Å². The van der Waals surface area contributed by atoms with Crippen molar-refractivity contribution in [2.45, 2.75) is 51.9 Å². The molecular formula is C36H45N6O9P. The lowest BCUT2D eigenvalue weighted by molar-refractivity contribution is -0.157. The zero-order valence-electron chi connectivity index (χ0n) is 29.7. The molecule has 2 aromatic carbocycles. The summed E-state index contributed by atoms with van der Waals surface area (Å²) in [5, 5.41) is 4.25. The van der Waals surface area contributed by atoms with Gasteiger partial charge in [0.15, 0.2) is 5.82 Å². The third kappa shape index (κ3) is 9.08. The van der Waals surface area contributed by atoms with Gasteiger partial charge in [-0.2, -0.15) is 0 Å². The molecular weight excluding hydrogens is 691 g/mol. The van der Waals surface area contributed by atoms with E-state index < -0.39 is 37.8 Å². The summed E-state index contributed by atoms with van der Waals surface area (Å²) in [6.07, 6.45) is 1.20. The molecule has 0 bridgehead atoms. The minimum atomic E-state index is -3.93. The Morgan fingerprint density at radius 3 is 2.56 bits per heavy atom. The standard InChI is InChI=1S/C36H45N6O9P/c1-4-5-20-48-36(45)50-42-18-16-40(17-19-42)35(44)30(24-52(46)49-23-27-13-9-10-25(2)32(27)51-52)38-34(43)29-21-31(41-15-14-28(22-41)47-3)39-33(37-29)26-11-7-6-8-12-26/h6-13,21,28,30H,4-5,14-20,22-24H2,1-3H3,(H,38,43)/t28-,30-,52?/m0/s1. The zero-order chi connectivity index (χ0) is 36.7. The maximum atomic E-state index is 14.2. The average molecular weight is 737 g/mol. The van der Waals surface area contributed by atoms with Crippen molar-refractivity contribution in [3.8, 4) is 17.1 Å². The van der Waals surface area contributed by atoms with Gasteiger partial charge in [0.25, 0.3) is 5.91 Å². The lowest BCUT2D eigenvalue weighted by atomic mass is 10.1. The summed E-state index contributed by atoms with van der Waals surface area (Å²) < 4.78 is 36.6. The highest BCUT2D eigenvalue weighted by Crippen LogP contribution is 2.54. The maximum absolute atomic E-state index is 14.2. The SMILES string of the molecule is CCCCOC(=O)ON1CCN(C(=O)[C@H](CP2(=O)OCc3cccc(C)c3O2)NC(=O)c2cc(N3CC[C@H](OC)C3)nc(-c3ccccc3)n2)CC1. The molecule has 6 rings (SSSR count). The molecule has 0 spiro atoms. The highest BCUT2D eigenvalue weighted by molar-refractivity contribution is 7.54. The van der Waals surface area contributed by atoms with Crippen LogP contribution in [0.15, 0.2) is 54.6 Å². The smallest absolute Gasteiger partial charge is 0.433 e. The van der Waals surface area contributed by atoms with Gasteiger partial charge in [-0.3, -0.25) is 14.1 Å². The molecule has 1 aromatic heterocycles. The first-order chi connectivity index (χ1) is 25.1. The number of para-hydroxylation sites is 1. The lowest BCUT2D eigenvalue weighted by Crippen LogP contribution is -2.56. The number of ether oxygens (including phenoxy) is 2. The molecule has 16 heteroatoms. The number of unbranched alkanes of at least 4 members (excludes halogenated alkanes) is 1. The molecule has 0 saturated carbocycles. The van der Waals surface area contributed by atoms with Gasteiger partial charge in [-0.25, -0.2) is 19.3 Å². The number of aromatic nitrogens is 2. The fourth-order valence-electron chi connectivity index (χ4n) is 6.23. The number of amides is 2. The van der Waals surface area contributed by atoms with Crippen LogP contribution in [0.5, 0.6) is 5.75 Å². The highest BCUT2D eigenvalue weighted by Gasteiger charge is 2.41. The average Bonchev–Trinajstić information content (AvgIpc) is 3.65. The normalized spacial score (nSPS) is 20.8. The number of fused-ring (bicyclic) bond motifs is 1. The van der Waals surface area contributed by atoms with Gasteiger partial charge in [0.2, 0.25) is 5.91 Å². The van der Waals surface area contributed by atoms with Gasteiger partial charge in [0.1, 0.15) is 23.3 Å². The number of aryl methyl sites for hydroxylation is 1. The Morgan fingerprint density at radius 2 is 1.83 bits per heavy atom. The molecule has 1 N–H and O–H groups in total. The van der Waals surface area contributed by atoms with Gasteiger partial charge >= 0.3 is 13.8 Å². The molecule has 3 aliphatic rings. The summed E-state index contributed by atoms with van der Waals surface area (Å²) in [4.78, 5) is 58.7. The summed E-state index contributed by atoms with van der Waals surface area (Å²) in [5.74, 6) is 0.189. The van der Waals surface area contributed by atoms with E-state index in [-0.39, 0.29) is 51.2 Å². The fourth-order valence-corrected chi connectivity index (χ4v) is 8.03. The van der Waals surface area contributed by atoms with E-state index in [0.717, 1.165) is 30.4 Å². The van der Waals surface area contributed by atoms with Crippen LogP contribution < -0.4 is 14.7 Å². The summed E-state index contributed by atoms with van der Waals surface area (Å²) in [7, 11) is -2.27. The Balaban J connectivity index is 1.24. The van der Waals surface area contributed by atoms with E-state index in [1.54, 1.807) is 13.2 Å². The predicted octanol–water partition coefficient (Wildman–Crippen LogP) is 4.59. The van der Waals surface area contributed by atoms with Crippen molar-refractivity contribution in [1.82, 2.24) is 25.2 Å². The lowest BCUT2D eigenvalue weighted by Gasteiger charge is -2.36. The minimum absolute atomic E-state index is 0.0217. The van der Waals surface area contributed by atoms with E-state index >= 15 is 0 Å². The van der Waals surface area contributed by atoms with Crippen molar-refractivity contribution in [3.05, 3.63) is 71.4 Å². The number of hydrogen-bond donors (Lipinski definition) is 1. The summed E-state index contributed by atoms with van der Waals surface area (Å²) in [5.41, 5.74) is 2.26. The van der Waals surface area contributed by atoms with Crippen LogP contribution in [0.2, 0.25) is 0 Å². The molecule has 278 valence electrons. The topological polar surface area (TPSA) is 162 Å². The molecule has 0 aliphatic carbocycles. The highest BCUT2D eigenvalue weighted by atomic mass is 31.2. The minimum Gasteiger partial charge on any atom is -0.433 e. The second-order valence-electron chi connectivity index (χ2n) is 12.9. The zero-order valence-corrected chi connectivity index (χ0v) is 30.6. The monoisotopic (exact) mass is 736 g/mol.